The van der Waals surface area contributed by atoms with Crippen LogP contribution in [0.5, 0.6) is 5.75 Å². The molecular weight excluding hydrogens is 383 g/mol. The molecule has 0 aliphatic carbocycles. The molecule has 96 valence electrons. The molecule has 0 saturated heterocycles. The number of alkyl halides is 6. The fraction of sp³-hybridized carbons (Fsp3) is 0.375. The zero-order valence-electron chi connectivity index (χ0n) is 7.86. The van der Waals surface area contributed by atoms with E-state index in [2.05, 4.69) is 9.72 Å². The van der Waals surface area contributed by atoms with Crippen LogP contribution in [-0.4, -0.2) is 11.3 Å². The maximum atomic E-state index is 12.5. The molecule has 0 spiro atoms. The zero-order valence-corrected chi connectivity index (χ0v) is 10.8. The van der Waals surface area contributed by atoms with Crippen molar-refractivity contribution in [1.82, 2.24) is 4.98 Å². The molecule has 0 atom stereocenters. The fourth-order valence-electron chi connectivity index (χ4n) is 1.04. The van der Waals surface area contributed by atoms with Crippen LogP contribution in [0.1, 0.15) is 17.6 Å². The monoisotopic (exact) mass is 387 g/mol. The van der Waals surface area contributed by atoms with Gasteiger partial charge in [-0.05, 0) is 22.6 Å². The van der Waals surface area contributed by atoms with Gasteiger partial charge in [0.15, 0.2) is 0 Å². The van der Waals surface area contributed by atoms with Crippen molar-refractivity contribution in [3.63, 3.8) is 0 Å². The normalized spacial score (nSPS) is 12.0. The van der Waals surface area contributed by atoms with E-state index in [-0.39, 0.29) is 9.26 Å². The van der Waals surface area contributed by atoms with Crippen LogP contribution in [-0.2, 0) is 5.88 Å². The Kier molecular flexibility index (Phi) is 4.76. The van der Waals surface area contributed by atoms with Crippen molar-refractivity contribution in [2.24, 2.45) is 0 Å². The van der Waals surface area contributed by atoms with Crippen molar-refractivity contribution in [2.75, 3.05) is 0 Å². The highest BCUT2D eigenvalue weighted by Crippen LogP contribution is 2.37. The summed E-state index contributed by atoms with van der Waals surface area (Å²) >= 11 is 7.00. The molecule has 0 aliphatic rings. The first kappa shape index (κ1) is 14.7. The van der Waals surface area contributed by atoms with E-state index in [0.717, 1.165) is 0 Å². The van der Waals surface area contributed by atoms with E-state index in [9.17, 15) is 22.0 Å². The van der Waals surface area contributed by atoms with Gasteiger partial charge in [0.2, 0.25) is 0 Å². The van der Waals surface area contributed by atoms with Crippen LogP contribution in [0, 0.1) is 3.70 Å². The van der Waals surface area contributed by atoms with Gasteiger partial charge in [-0.3, -0.25) is 0 Å². The summed E-state index contributed by atoms with van der Waals surface area (Å²) in [5.74, 6) is -1.38. The number of pyridine rings is 1. The third-order valence-electron chi connectivity index (χ3n) is 1.69. The molecule has 0 radical (unpaired) electrons. The van der Waals surface area contributed by atoms with Crippen molar-refractivity contribution in [2.45, 2.75) is 18.7 Å². The van der Waals surface area contributed by atoms with Crippen LogP contribution in [0.2, 0.25) is 0 Å². The zero-order chi connectivity index (χ0) is 13.2. The predicted octanol–water partition coefficient (Wildman–Crippen LogP) is 4.26. The Morgan fingerprint density at radius 3 is 2.41 bits per heavy atom. The second kappa shape index (κ2) is 5.51. The molecule has 9 heteroatoms. The topological polar surface area (TPSA) is 22.1 Å². The highest BCUT2D eigenvalue weighted by molar-refractivity contribution is 14.1. The largest absolute Gasteiger partial charge is 0.573 e. The van der Waals surface area contributed by atoms with Gasteiger partial charge in [0.25, 0.3) is 6.43 Å². The Morgan fingerprint density at radius 2 is 2.00 bits per heavy atom. The first-order valence-electron chi connectivity index (χ1n) is 4.03. The molecule has 1 heterocycles. The van der Waals surface area contributed by atoms with Gasteiger partial charge in [0, 0.05) is 11.8 Å². The van der Waals surface area contributed by atoms with Gasteiger partial charge in [-0.15, -0.1) is 24.8 Å². The molecule has 0 N–H and O–H groups in total. The summed E-state index contributed by atoms with van der Waals surface area (Å²) < 4.78 is 65.0. The first-order valence-corrected chi connectivity index (χ1v) is 5.64. The summed E-state index contributed by atoms with van der Waals surface area (Å²) in [6.45, 7) is 0. The number of hydrogen-bond donors (Lipinski definition) is 0. The lowest BCUT2D eigenvalue weighted by Crippen LogP contribution is -2.20. The van der Waals surface area contributed by atoms with E-state index in [1.165, 1.54) is 0 Å². The summed E-state index contributed by atoms with van der Waals surface area (Å²) in [6.07, 6.45) is -7.54. The second-order valence-electron chi connectivity index (χ2n) is 2.79. The van der Waals surface area contributed by atoms with Crippen molar-refractivity contribution < 1.29 is 26.7 Å². The lowest BCUT2D eigenvalue weighted by Gasteiger charge is -2.16. The van der Waals surface area contributed by atoms with E-state index < -0.39 is 30.0 Å². The summed E-state index contributed by atoms with van der Waals surface area (Å²) in [5.41, 5.74) is -1.14. The minimum atomic E-state index is -5.06. The highest BCUT2D eigenvalue weighted by atomic mass is 127. The van der Waals surface area contributed by atoms with Gasteiger partial charge in [-0.2, -0.15) is 0 Å². The number of halogens is 7. The molecule has 2 nitrogen and oxygen atoms in total. The highest BCUT2D eigenvalue weighted by Gasteiger charge is 2.35. The molecular formula is C8H4ClF5INO. The van der Waals surface area contributed by atoms with Crippen molar-refractivity contribution in [1.29, 1.82) is 0 Å². The van der Waals surface area contributed by atoms with E-state index in [4.69, 9.17) is 11.6 Å². The van der Waals surface area contributed by atoms with Crippen LogP contribution in [0.4, 0.5) is 22.0 Å². The van der Waals surface area contributed by atoms with Gasteiger partial charge in [0.05, 0.1) is 11.4 Å². The van der Waals surface area contributed by atoms with Crippen molar-refractivity contribution in [3.8, 4) is 5.75 Å². The lowest BCUT2D eigenvalue weighted by molar-refractivity contribution is -0.275. The van der Waals surface area contributed by atoms with Crippen LogP contribution in [0.3, 0.4) is 0 Å². The van der Waals surface area contributed by atoms with Crippen molar-refractivity contribution in [3.05, 3.63) is 21.0 Å². The van der Waals surface area contributed by atoms with Gasteiger partial charge in [-0.1, -0.05) is 0 Å². The van der Waals surface area contributed by atoms with Crippen LogP contribution >= 0.6 is 34.2 Å². The molecule has 0 bridgehead atoms. The quantitative estimate of drug-likeness (QED) is 0.335. The summed E-state index contributed by atoms with van der Waals surface area (Å²) in [5, 5.41) is 0. The standard InChI is InChI=1S/C8H4ClF5INO/c9-1-3-5(17-8(12,13)14)4(6(10)11)2-16-7(3)15/h2,6H,1H2. The molecule has 0 aromatic carbocycles. The van der Waals surface area contributed by atoms with Crippen LogP contribution < -0.4 is 4.74 Å². The third kappa shape index (κ3) is 3.80. The van der Waals surface area contributed by atoms with Gasteiger partial charge in [0.1, 0.15) is 9.45 Å². The minimum absolute atomic E-state index is 0.0845. The minimum Gasteiger partial charge on any atom is -0.405 e. The molecule has 17 heavy (non-hydrogen) atoms. The lowest BCUT2D eigenvalue weighted by atomic mass is 10.2. The summed E-state index contributed by atoms with van der Waals surface area (Å²) in [4.78, 5) is 3.54. The smallest absolute Gasteiger partial charge is 0.405 e. The second-order valence-corrected chi connectivity index (χ2v) is 4.08. The maximum Gasteiger partial charge on any atom is 0.573 e. The third-order valence-corrected chi connectivity index (χ3v) is 2.89. The Balaban J connectivity index is 3.34. The summed E-state index contributed by atoms with van der Waals surface area (Å²) in [7, 11) is 0. The average molecular weight is 387 g/mol. The molecule has 0 aliphatic heterocycles. The van der Waals surface area contributed by atoms with Gasteiger partial charge >= 0.3 is 6.36 Å². The summed E-state index contributed by atoms with van der Waals surface area (Å²) in [6, 6.07) is 0. The maximum absolute atomic E-state index is 12.5. The molecule has 1 aromatic heterocycles. The van der Waals surface area contributed by atoms with E-state index in [1.807, 2.05) is 0 Å². The molecule has 0 saturated carbocycles. The Hall–Kier alpha value is -0.380. The number of nitrogens with zero attached hydrogens (tertiary/aromatic N) is 1. The number of ether oxygens (including phenoxy) is 1. The fourth-order valence-corrected chi connectivity index (χ4v) is 2.09. The molecule has 0 fully saturated rings. The molecule has 0 unspecified atom stereocenters. The Morgan fingerprint density at radius 1 is 1.41 bits per heavy atom. The van der Waals surface area contributed by atoms with Crippen LogP contribution in [0.25, 0.3) is 0 Å². The number of hydrogen-bond acceptors (Lipinski definition) is 2. The van der Waals surface area contributed by atoms with E-state index in [1.54, 1.807) is 22.6 Å². The van der Waals surface area contributed by atoms with Gasteiger partial charge in [-0.25, -0.2) is 13.8 Å². The van der Waals surface area contributed by atoms with Crippen LogP contribution in [0.15, 0.2) is 6.20 Å². The molecule has 0 amide bonds. The predicted molar refractivity (Wildman–Crippen MR) is 58.2 cm³/mol. The first-order chi connectivity index (χ1) is 7.76. The Bertz CT molecular complexity index is 412. The average Bonchev–Trinajstić information content (AvgIpc) is 2.15. The molecule has 1 rings (SSSR count). The van der Waals surface area contributed by atoms with Crippen molar-refractivity contribution >= 4 is 34.2 Å². The number of aromatic nitrogens is 1. The van der Waals surface area contributed by atoms with E-state index >= 15 is 0 Å². The Labute approximate surface area is 111 Å². The number of rotatable bonds is 3. The molecule has 1 aromatic rings. The SMILES string of the molecule is FC(F)c1cnc(I)c(CCl)c1OC(F)(F)F. The van der Waals surface area contributed by atoms with E-state index in [0.29, 0.717) is 6.20 Å². The van der Waals surface area contributed by atoms with Gasteiger partial charge < -0.3 is 4.74 Å².